The van der Waals surface area contributed by atoms with Crippen LogP contribution in [-0.2, 0) is 19.1 Å². The molecule has 0 aliphatic rings. The number of rotatable bonds is 4. The average Bonchev–Trinajstić information content (AvgIpc) is 2.24. The van der Waals surface area contributed by atoms with Crippen LogP contribution >= 0.6 is 0 Å². The summed E-state index contributed by atoms with van der Waals surface area (Å²) in [6.07, 6.45) is 3.11. The summed E-state index contributed by atoms with van der Waals surface area (Å²) in [6.45, 7) is 6.52. The highest BCUT2D eigenvalue weighted by molar-refractivity contribution is 6.05. The zero-order chi connectivity index (χ0) is 11.8. The summed E-state index contributed by atoms with van der Waals surface area (Å²) < 4.78 is 4.34. The molecule has 0 saturated carbocycles. The Hall–Kier alpha value is -2.17. The molecule has 0 aliphatic heterocycles. The summed E-state index contributed by atoms with van der Waals surface area (Å²) in [5, 5.41) is 1.97. The highest BCUT2D eigenvalue weighted by Gasteiger charge is 2.04. The highest BCUT2D eigenvalue weighted by Crippen LogP contribution is 1.95. The lowest BCUT2D eigenvalue weighted by Gasteiger charge is -1.97. The fourth-order valence-electron chi connectivity index (χ4n) is 0.590. The van der Waals surface area contributed by atoms with Crippen LogP contribution in [0.25, 0.3) is 0 Å². The standard InChI is InChI=1S/C10H11NO4/c1-4-8(12)11-9(13)6-5-7(2)10(14)15-3/h4-6H,1-2H2,3H3,(H,11,12,13). The third-order valence-corrected chi connectivity index (χ3v) is 1.32. The van der Waals surface area contributed by atoms with Gasteiger partial charge in [0.15, 0.2) is 0 Å². The van der Waals surface area contributed by atoms with Gasteiger partial charge in [0.1, 0.15) is 0 Å². The maximum Gasteiger partial charge on any atom is 0.337 e. The summed E-state index contributed by atoms with van der Waals surface area (Å²) >= 11 is 0. The van der Waals surface area contributed by atoms with E-state index in [-0.39, 0.29) is 5.57 Å². The van der Waals surface area contributed by atoms with Crippen LogP contribution in [0.5, 0.6) is 0 Å². The molecule has 0 unspecified atom stereocenters. The summed E-state index contributed by atoms with van der Waals surface area (Å²) in [6, 6.07) is 0. The van der Waals surface area contributed by atoms with Crippen molar-refractivity contribution >= 4 is 17.8 Å². The third-order valence-electron chi connectivity index (χ3n) is 1.32. The molecule has 0 radical (unpaired) electrons. The van der Waals surface area contributed by atoms with Gasteiger partial charge in [-0.05, 0) is 12.2 Å². The minimum Gasteiger partial charge on any atom is -0.465 e. The van der Waals surface area contributed by atoms with Crippen molar-refractivity contribution in [3.8, 4) is 0 Å². The number of carbonyl (C=O) groups is 3. The Labute approximate surface area is 87.1 Å². The Morgan fingerprint density at radius 1 is 1.20 bits per heavy atom. The van der Waals surface area contributed by atoms with Gasteiger partial charge in [0.2, 0.25) is 5.91 Å². The van der Waals surface area contributed by atoms with E-state index in [9.17, 15) is 14.4 Å². The Balaban J connectivity index is 4.23. The maximum atomic E-state index is 11.0. The first kappa shape index (κ1) is 12.8. The number of hydrogen-bond donors (Lipinski definition) is 1. The number of methoxy groups -OCH3 is 1. The summed E-state index contributed by atoms with van der Waals surface area (Å²) in [7, 11) is 1.20. The van der Waals surface area contributed by atoms with E-state index in [2.05, 4.69) is 17.9 Å². The van der Waals surface area contributed by atoms with Gasteiger partial charge in [-0.2, -0.15) is 0 Å². The van der Waals surface area contributed by atoms with E-state index in [1.165, 1.54) is 7.11 Å². The molecular weight excluding hydrogens is 198 g/mol. The SMILES string of the molecule is C=CC(=O)NC(=O)C=CC(=C)C(=O)OC. The third kappa shape index (κ3) is 5.20. The minimum atomic E-state index is -0.662. The number of imide groups is 1. The molecule has 15 heavy (non-hydrogen) atoms. The second kappa shape index (κ2) is 6.31. The van der Waals surface area contributed by atoms with Gasteiger partial charge in [-0.15, -0.1) is 0 Å². The minimum absolute atomic E-state index is 0.0127. The summed E-state index contributed by atoms with van der Waals surface area (Å²) in [4.78, 5) is 32.4. The largest absolute Gasteiger partial charge is 0.465 e. The van der Waals surface area contributed by atoms with Crippen LogP contribution in [0.15, 0.2) is 37.0 Å². The van der Waals surface area contributed by atoms with Crippen LogP contribution in [0.4, 0.5) is 0 Å². The molecule has 0 spiro atoms. The van der Waals surface area contributed by atoms with E-state index in [0.717, 1.165) is 18.2 Å². The van der Waals surface area contributed by atoms with Gasteiger partial charge in [0.25, 0.3) is 5.91 Å². The number of esters is 1. The quantitative estimate of drug-likeness (QED) is 0.405. The molecule has 0 rings (SSSR count). The molecule has 0 aromatic rings. The average molecular weight is 209 g/mol. The molecule has 0 saturated heterocycles. The smallest absolute Gasteiger partial charge is 0.337 e. The first-order chi connectivity index (χ1) is 7.01. The topological polar surface area (TPSA) is 72.5 Å². The molecule has 80 valence electrons. The summed E-state index contributed by atoms with van der Waals surface area (Å²) in [5.41, 5.74) is 0.0127. The number of nitrogens with one attached hydrogen (secondary N) is 1. The Bertz CT molecular complexity index is 341. The predicted molar refractivity (Wildman–Crippen MR) is 53.6 cm³/mol. The molecule has 0 aromatic carbocycles. The molecule has 0 aliphatic carbocycles. The molecule has 0 heterocycles. The molecule has 0 bridgehead atoms. The lowest BCUT2D eigenvalue weighted by Crippen LogP contribution is -2.26. The van der Waals surface area contributed by atoms with E-state index in [1.54, 1.807) is 0 Å². The molecule has 5 heteroatoms. The van der Waals surface area contributed by atoms with Crippen molar-refractivity contribution in [2.75, 3.05) is 7.11 Å². The van der Waals surface area contributed by atoms with Gasteiger partial charge in [-0.3, -0.25) is 14.9 Å². The zero-order valence-corrected chi connectivity index (χ0v) is 8.28. The molecular formula is C10H11NO4. The van der Waals surface area contributed by atoms with E-state index in [1.807, 2.05) is 5.32 Å². The molecule has 1 N–H and O–H groups in total. The Morgan fingerprint density at radius 2 is 1.80 bits per heavy atom. The highest BCUT2D eigenvalue weighted by atomic mass is 16.5. The monoisotopic (exact) mass is 209 g/mol. The van der Waals surface area contributed by atoms with Gasteiger partial charge >= 0.3 is 5.97 Å². The number of carbonyl (C=O) groups excluding carboxylic acids is 3. The van der Waals surface area contributed by atoms with E-state index < -0.39 is 17.8 Å². The van der Waals surface area contributed by atoms with Crippen LogP contribution in [0.1, 0.15) is 0 Å². The number of hydrogen-bond acceptors (Lipinski definition) is 4. The molecule has 0 aromatic heterocycles. The van der Waals surface area contributed by atoms with Crippen LogP contribution in [0.3, 0.4) is 0 Å². The van der Waals surface area contributed by atoms with E-state index in [4.69, 9.17) is 0 Å². The fraction of sp³-hybridized carbons (Fsp3) is 0.100. The van der Waals surface area contributed by atoms with Crippen molar-refractivity contribution in [2.45, 2.75) is 0 Å². The lowest BCUT2D eigenvalue weighted by molar-refractivity contribution is -0.135. The second-order valence-corrected chi connectivity index (χ2v) is 2.41. The predicted octanol–water partition coefficient (Wildman–Crippen LogP) is 0.101. The number of amides is 2. The van der Waals surface area contributed by atoms with Gasteiger partial charge in [0.05, 0.1) is 12.7 Å². The number of ether oxygens (including phenoxy) is 1. The second-order valence-electron chi connectivity index (χ2n) is 2.41. The van der Waals surface area contributed by atoms with Crippen LogP contribution in [0.2, 0.25) is 0 Å². The van der Waals surface area contributed by atoms with Crippen molar-refractivity contribution in [1.29, 1.82) is 0 Å². The van der Waals surface area contributed by atoms with Gasteiger partial charge in [0, 0.05) is 6.08 Å². The van der Waals surface area contributed by atoms with Gasteiger partial charge in [-0.1, -0.05) is 13.2 Å². The van der Waals surface area contributed by atoms with Crippen LogP contribution in [-0.4, -0.2) is 24.9 Å². The lowest BCUT2D eigenvalue weighted by atomic mass is 10.3. The van der Waals surface area contributed by atoms with E-state index in [0.29, 0.717) is 0 Å². The van der Waals surface area contributed by atoms with Crippen molar-refractivity contribution in [2.24, 2.45) is 0 Å². The summed E-state index contributed by atoms with van der Waals surface area (Å²) in [5.74, 6) is -1.92. The molecule has 0 fully saturated rings. The molecule has 2 amide bonds. The van der Waals surface area contributed by atoms with E-state index >= 15 is 0 Å². The van der Waals surface area contributed by atoms with Crippen molar-refractivity contribution in [1.82, 2.24) is 5.32 Å². The van der Waals surface area contributed by atoms with Crippen molar-refractivity contribution in [3.63, 3.8) is 0 Å². The van der Waals surface area contributed by atoms with Gasteiger partial charge in [-0.25, -0.2) is 4.79 Å². The molecule has 5 nitrogen and oxygen atoms in total. The van der Waals surface area contributed by atoms with Gasteiger partial charge < -0.3 is 4.74 Å². The molecule has 0 atom stereocenters. The van der Waals surface area contributed by atoms with Crippen molar-refractivity contribution in [3.05, 3.63) is 37.0 Å². The maximum absolute atomic E-state index is 11.0. The van der Waals surface area contributed by atoms with Crippen molar-refractivity contribution < 1.29 is 19.1 Å². The normalized spacial score (nSPS) is 9.40. The Kier molecular flexibility index (Phi) is 5.40. The first-order valence-electron chi connectivity index (χ1n) is 3.94. The zero-order valence-electron chi connectivity index (χ0n) is 8.28. The Morgan fingerprint density at radius 3 is 2.27 bits per heavy atom. The van der Waals surface area contributed by atoms with Crippen LogP contribution < -0.4 is 5.32 Å². The fourth-order valence-corrected chi connectivity index (χ4v) is 0.590. The van der Waals surface area contributed by atoms with Crippen LogP contribution in [0, 0.1) is 0 Å². The first-order valence-corrected chi connectivity index (χ1v) is 3.94.